The SMILES string of the molecule is CCOc1ccc(Cc2cc(C3(O)C=C(COCc4ccc(OC)cc4)[C@@H](OCc4ccc(OC)cc4)[C@H](OCc4ccc(OC)cc4)[C@H]3OCc3ccc(OC)cc3)ccc2Cl)cc1. The molecule has 7 rings (SSSR count). The molecule has 0 fully saturated rings. The molecule has 0 amide bonds. The van der Waals surface area contributed by atoms with Crippen LogP contribution >= 0.6 is 11.6 Å². The van der Waals surface area contributed by atoms with Crippen LogP contribution in [0.2, 0.25) is 5.02 Å². The van der Waals surface area contributed by atoms with Crippen molar-refractivity contribution in [1.29, 1.82) is 0 Å². The van der Waals surface area contributed by atoms with Crippen molar-refractivity contribution in [3.8, 4) is 28.7 Å². The summed E-state index contributed by atoms with van der Waals surface area (Å²) in [5.41, 5.74) is 5.00. The van der Waals surface area contributed by atoms with Crippen LogP contribution in [0.1, 0.15) is 45.9 Å². The number of hydrogen-bond donors (Lipinski definition) is 1. The Labute approximate surface area is 387 Å². The van der Waals surface area contributed by atoms with Gasteiger partial charge in [-0.15, -0.1) is 0 Å². The smallest absolute Gasteiger partial charge is 0.137 e. The zero-order valence-corrected chi connectivity index (χ0v) is 38.3. The van der Waals surface area contributed by atoms with Crippen molar-refractivity contribution < 1.29 is 47.7 Å². The summed E-state index contributed by atoms with van der Waals surface area (Å²) in [5, 5.41) is 14.1. The summed E-state index contributed by atoms with van der Waals surface area (Å²) in [7, 11) is 6.54. The molecule has 1 N–H and O–H groups in total. The average molecular weight is 901 g/mol. The van der Waals surface area contributed by atoms with Crippen molar-refractivity contribution >= 4 is 11.6 Å². The van der Waals surface area contributed by atoms with Crippen LogP contribution in [0, 0.1) is 0 Å². The minimum absolute atomic E-state index is 0.113. The topological polar surface area (TPSA) is 103 Å². The van der Waals surface area contributed by atoms with E-state index in [1.54, 1.807) is 28.4 Å². The zero-order valence-electron chi connectivity index (χ0n) is 37.5. The van der Waals surface area contributed by atoms with Gasteiger partial charge in [0.15, 0.2) is 0 Å². The number of aliphatic hydroxyl groups is 1. The third-order valence-electron chi connectivity index (χ3n) is 11.4. The number of halogens is 1. The maximum Gasteiger partial charge on any atom is 0.137 e. The molecule has 340 valence electrons. The first kappa shape index (κ1) is 47.1. The fourth-order valence-corrected chi connectivity index (χ4v) is 8.01. The van der Waals surface area contributed by atoms with Crippen molar-refractivity contribution in [3.63, 3.8) is 0 Å². The average Bonchev–Trinajstić information content (AvgIpc) is 3.34. The summed E-state index contributed by atoms with van der Waals surface area (Å²) in [4.78, 5) is 0. The lowest BCUT2D eigenvalue weighted by Crippen LogP contribution is -2.57. The van der Waals surface area contributed by atoms with Gasteiger partial charge in [0.2, 0.25) is 0 Å². The van der Waals surface area contributed by atoms with Gasteiger partial charge in [0.1, 0.15) is 52.7 Å². The minimum Gasteiger partial charge on any atom is -0.497 e. The lowest BCUT2D eigenvalue weighted by atomic mass is 9.75. The molecule has 0 spiro atoms. The Hall–Kier alpha value is -5.85. The zero-order chi connectivity index (χ0) is 45.6. The third-order valence-corrected chi connectivity index (χ3v) is 11.8. The van der Waals surface area contributed by atoms with Gasteiger partial charge in [0, 0.05) is 5.02 Å². The molecule has 0 bridgehead atoms. The lowest BCUT2D eigenvalue weighted by Gasteiger charge is -2.46. The second-order valence-corrected chi connectivity index (χ2v) is 16.1. The van der Waals surface area contributed by atoms with Crippen LogP contribution in [0.4, 0.5) is 0 Å². The second kappa shape index (κ2) is 22.9. The molecule has 1 aliphatic carbocycles. The Morgan fingerprint density at radius 3 is 1.45 bits per heavy atom. The predicted octanol–water partition coefficient (Wildman–Crippen LogP) is 10.5. The second-order valence-electron chi connectivity index (χ2n) is 15.7. The highest BCUT2D eigenvalue weighted by Gasteiger charge is 2.52. The molecule has 0 heterocycles. The van der Waals surface area contributed by atoms with Gasteiger partial charge in [-0.2, -0.15) is 0 Å². The van der Waals surface area contributed by atoms with Gasteiger partial charge < -0.3 is 47.7 Å². The molecule has 6 aromatic carbocycles. The Bertz CT molecular complexity index is 2420. The standard InChI is InChI=1S/C54H57ClO10/c1-6-62-49-26-7-37(8-27-49)29-42-30-44(17-28-50(42)55)54(56)31-43(36-61-32-38-9-18-45(57-2)19-10-38)51(63-33-39-11-20-46(58-3)21-12-39)52(64-34-40-13-22-47(59-4)23-14-40)53(54)65-35-41-15-24-48(60-5)25-16-41/h7-28,30-31,51-53,56H,6,29,32-36H2,1-5H3/t51-,52+,53-,54?/m1/s1. The van der Waals surface area contributed by atoms with Crippen LogP contribution in [0.25, 0.3) is 0 Å². The fourth-order valence-electron chi connectivity index (χ4n) is 7.82. The molecule has 1 aliphatic rings. The summed E-state index contributed by atoms with van der Waals surface area (Å²) in [6, 6.07) is 44.4. The molecule has 0 saturated heterocycles. The fraction of sp³-hybridized carbons (Fsp3) is 0.296. The summed E-state index contributed by atoms with van der Waals surface area (Å²) in [5.74, 6) is 3.73. The van der Waals surface area contributed by atoms with Gasteiger partial charge in [-0.1, -0.05) is 84.4 Å². The van der Waals surface area contributed by atoms with E-state index >= 15 is 0 Å². The maximum absolute atomic E-state index is 13.6. The molecule has 10 nitrogen and oxygen atoms in total. The molecule has 11 heteroatoms. The Balaban J connectivity index is 1.32. The summed E-state index contributed by atoms with van der Waals surface area (Å²) in [6.45, 7) is 3.50. The molecule has 1 unspecified atom stereocenters. The van der Waals surface area contributed by atoms with E-state index in [1.807, 2.05) is 153 Å². The number of benzene rings is 6. The quantitative estimate of drug-likeness (QED) is 0.0663. The van der Waals surface area contributed by atoms with E-state index in [0.717, 1.165) is 62.1 Å². The lowest BCUT2D eigenvalue weighted by molar-refractivity contribution is -0.204. The molecular formula is C54H57ClO10. The Morgan fingerprint density at radius 1 is 0.508 bits per heavy atom. The van der Waals surface area contributed by atoms with Crippen molar-refractivity contribution in [2.75, 3.05) is 41.7 Å². The van der Waals surface area contributed by atoms with E-state index in [1.165, 1.54) is 0 Å². The maximum atomic E-state index is 13.6. The summed E-state index contributed by atoms with van der Waals surface area (Å²) >= 11 is 6.95. The first-order chi connectivity index (χ1) is 31.7. The van der Waals surface area contributed by atoms with Crippen molar-refractivity contribution in [3.05, 3.63) is 195 Å². The van der Waals surface area contributed by atoms with Crippen LogP contribution in [-0.4, -0.2) is 65.1 Å². The summed E-state index contributed by atoms with van der Waals surface area (Å²) < 4.78 is 54.7. The minimum atomic E-state index is -1.77. The van der Waals surface area contributed by atoms with Gasteiger partial charge in [-0.3, -0.25) is 0 Å². The Kier molecular flexibility index (Phi) is 16.6. The van der Waals surface area contributed by atoms with E-state index in [4.69, 9.17) is 54.2 Å². The van der Waals surface area contributed by atoms with Crippen LogP contribution in [0.5, 0.6) is 28.7 Å². The molecule has 6 aromatic rings. The monoisotopic (exact) mass is 900 g/mol. The normalized spacial score (nSPS) is 18.1. The van der Waals surface area contributed by atoms with Crippen molar-refractivity contribution in [1.82, 2.24) is 0 Å². The van der Waals surface area contributed by atoms with Crippen LogP contribution in [0.15, 0.2) is 151 Å². The van der Waals surface area contributed by atoms with Gasteiger partial charge in [-0.25, -0.2) is 0 Å². The first-order valence-electron chi connectivity index (χ1n) is 21.6. The molecule has 0 aromatic heterocycles. The van der Waals surface area contributed by atoms with Crippen molar-refractivity contribution in [2.45, 2.75) is 63.7 Å². The summed E-state index contributed by atoms with van der Waals surface area (Å²) in [6.07, 6.45) is -0.265. The van der Waals surface area contributed by atoms with Gasteiger partial charge in [0.25, 0.3) is 0 Å². The molecule has 0 radical (unpaired) electrons. The molecular weight excluding hydrogens is 844 g/mol. The van der Waals surface area contributed by atoms with E-state index in [9.17, 15) is 5.11 Å². The van der Waals surface area contributed by atoms with E-state index in [0.29, 0.717) is 35.8 Å². The van der Waals surface area contributed by atoms with E-state index in [-0.39, 0.29) is 26.4 Å². The highest BCUT2D eigenvalue weighted by atomic mass is 35.5. The largest absolute Gasteiger partial charge is 0.497 e. The highest BCUT2D eigenvalue weighted by molar-refractivity contribution is 6.31. The first-order valence-corrected chi connectivity index (χ1v) is 22.0. The molecule has 0 saturated carbocycles. The molecule has 0 aliphatic heterocycles. The number of ether oxygens (including phenoxy) is 9. The molecule has 4 atom stereocenters. The van der Waals surface area contributed by atoms with Crippen LogP contribution in [-0.2, 0) is 57.4 Å². The van der Waals surface area contributed by atoms with Crippen LogP contribution < -0.4 is 23.7 Å². The van der Waals surface area contributed by atoms with Gasteiger partial charge in [0.05, 0.1) is 68.1 Å². The van der Waals surface area contributed by atoms with Crippen LogP contribution in [0.3, 0.4) is 0 Å². The number of methoxy groups -OCH3 is 4. The van der Waals surface area contributed by atoms with Gasteiger partial charge in [-0.05, 0) is 131 Å². The van der Waals surface area contributed by atoms with Gasteiger partial charge >= 0.3 is 0 Å². The van der Waals surface area contributed by atoms with E-state index in [2.05, 4.69) is 0 Å². The highest BCUT2D eigenvalue weighted by Crippen LogP contribution is 2.43. The van der Waals surface area contributed by atoms with Crippen molar-refractivity contribution in [2.24, 2.45) is 0 Å². The van der Waals surface area contributed by atoms with E-state index < -0.39 is 23.9 Å². The number of hydrogen-bond acceptors (Lipinski definition) is 10. The Morgan fingerprint density at radius 2 is 0.954 bits per heavy atom. The predicted molar refractivity (Wildman–Crippen MR) is 251 cm³/mol. The third kappa shape index (κ3) is 12.3. The number of rotatable bonds is 22. The molecule has 65 heavy (non-hydrogen) atoms.